The molecule has 25 heavy (non-hydrogen) atoms. The standard InChI is InChI=1S/C14H18Br2N2O5S2/c1-2-18(8-14(19)17-11-5-6-24(20,21)9-11)25(22,23)13-7-10(15)3-4-12(13)16/h3-4,7,11H,2,5-6,8-9H2,1H3,(H,17,19)/t11-/m1/s1. The second-order valence-electron chi connectivity index (χ2n) is 5.67. The van der Waals surface area contributed by atoms with Crippen LogP contribution in [-0.4, -0.2) is 57.7 Å². The van der Waals surface area contributed by atoms with Crippen molar-refractivity contribution in [3.63, 3.8) is 0 Å². The zero-order chi connectivity index (χ0) is 18.8. The van der Waals surface area contributed by atoms with Gasteiger partial charge < -0.3 is 5.32 Å². The lowest BCUT2D eigenvalue weighted by atomic mass is 10.2. The van der Waals surface area contributed by atoms with E-state index < -0.39 is 31.8 Å². The highest BCUT2D eigenvalue weighted by Crippen LogP contribution is 2.28. The molecule has 1 heterocycles. The summed E-state index contributed by atoms with van der Waals surface area (Å²) in [5, 5.41) is 2.60. The highest BCUT2D eigenvalue weighted by Gasteiger charge is 2.31. The molecular weight excluding hydrogens is 500 g/mol. The Bertz CT molecular complexity index is 871. The van der Waals surface area contributed by atoms with Crippen LogP contribution in [0.1, 0.15) is 13.3 Å². The number of nitrogens with one attached hydrogen (secondary N) is 1. The molecular formula is C14H18Br2N2O5S2. The summed E-state index contributed by atoms with van der Waals surface area (Å²) in [6, 6.07) is 4.31. The van der Waals surface area contributed by atoms with Crippen molar-refractivity contribution in [1.82, 2.24) is 9.62 Å². The fourth-order valence-electron chi connectivity index (χ4n) is 2.52. The van der Waals surface area contributed by atoms with E-state index in [0.29, 0.717) is 15.4 Å². The van der Waals surface area contributed by atoms with Gasteiger partial charge in [-0.3, -0.25) is 4.79 Å². The maximum atomic E-state index is 12.8. The molecule has 1 atom stereocenters. The number of sulfonamides is 1. The van der Waals surface area contributed by atoms with Crippen LogP contribution in [-0.2, 0) is 24.7 Å². The molecule has 11 heteroatoms. The van der Waals surface area contributed by atoms with Crippen LogP contribution in [0.2, 0.25) is 0 Å². The van der Waals surface area contributed by atoms with Gasteiger partial charge in [-0.05, 0) is 40.5 Å². The summed E-state index contributed by atoms with van der Waals surface area (Å²) < 4.78 is 50.6. The van der Waals surface area contributed by atoms with E-state index in [0.717, 1.165) is 4.31 Å². The number of carbonyl (C=O) groups excluding carboxylic acids is 1. The van der Waals surface area contributed by atoms with E-state index in [1.54, 1.807) is 19.1 Å². The summed E-state index contributed by atoms with van der Waals surface area (Å²) in [4.78, 5) is 12.2. The van der Waals surface area contributed by atoms with Crippen molar-refractivity contribution in [2.45, 2.75) is 24.3 Å². The Morgan fingerprint density at radius 2 is 2.04 bits per heavy atom. The molecule has 0 aromatic heterocycles. The van der Waals surface area contributed by atoms with Crippen LogP contribution in [0.15, 0.2) is 32.0 Å². The Morgan fingerprint density at radius 1 is 1.36 bits per heavy atom. The van der Waals surface area contributed by atoms with Crippen LogP contribution in [0.4, 0.5) is 0 Å². The lowest BCUT2D eigenvalue weighted by Gasteiger charge is -2.22. The molecule has 1 aromatic carbocycles. The van der Waals surface area contributed by atoms with Crippen molar-refractivity contribution in [2.75, 3.05) is 24.6 Å². The lowest BCUT2D eigenvalue weighted by molar-refractivity contribution is -0.121. The van der Waals surface area contributed by atoms with E-state index in [4.69, 9.17) is 0 Å². The fourth-order valence-corrected chi connectivity index (χ4v) is 7.06. The number of halogens is 2. The molecule has 1 aliphatic rings. The molecule has 7 nitrogen and oxygen atoms in total. The quantitative estimate of drug-likeness (QED) is 0.616. The first-order valence-electron chi connectivity index (χ1n) is 7.50. The van der Waals surface area contributed by atoms with Crippen LogP contribution < -0.4 is 5.32 Å². The fraction of sp³-hybridized carbons (Fsp3) is 0.500. The van der Waals surface area contributed by atoms with Crippen molar-refractivity contribution in [2.24, 2.45) is 0 Å². The van der Waals surface area contributed by atoms with Gasteiger partial charge in [0.25, 0.3) is 0 Å². The predicted molar refractivity (Wildman–Crippen MR) is 101 cm³/mol. The van der Waals surface area contributed by atoms with E-state index in [1.807, 2.05) is 0 Å². The Hall–Kier alpha value is -0.490. The molecule has 1 amide bonds. The molecule has 0 spiro atoms. The molecule has 0 unspecified atom stereocenters. The van der Waals surface area contributed by atoms with E-state index in [1.165, 1.54) is 6.07 Å². The van der Waals surface area contributed by atoms with E-state index in [-0.39, 0.29) is 29.5 Å². The Labute approximate surface area is 164 Å². The second kappa shape index (κ2) is 8.03. The minimum absolute atomic E-state index is 0.0404. The number of rotatable bonds is 6. The first kappa shape index (κ1) is 20.8. The summed E-state index contributed by atoms with van der Waals surface area (Å²) in [6.45, 7) is 1.38. The summed E-state index contributed by atoms with van der Waals surface area (Å²) in [5.41, 5.74) is 0. The van der Waals surface area contributed by atoms with Crippen LogP contribution in [0.5, 0.6) is 0 Å². The van der Waals surface area contributed by atoms with E-state index >= 15 is 0 Å². The van der Waals surface area contributed by atoms with Gasteiger partial charge in [-0.25, -0.2) is 16.8 Å². The minimum atomic E-state index is -3.88. The molecule has 1 saturated heterocycles. The maximum absolute atomic E-state index is 12.8. The third-order valence-corrected chi connectivity index (χ3v) is 8.96. The van der Waals surface area contributed by atoms with Gasteiger partial charge in [0.2, 0.25) is 15.9 Å². The van der Waals surface area contributed by atoms with Gasteiger partial charge in [-0.1, -0.05) is 22.9 Å². The molecule has 2 rings (SSSR count). The third-order valence-electron chi connectivity index (χ3n) is 3.78. The van der Waals surface area contributed by atoms with Crippen LogP contribution >= 0.6 is 31.9 Å². The van der Waals surface area contributed by atoms with Crippen molar-refractivity contribution >= 4 is 57.6 Å². The smallest absolute Gasteiger partial charge is 0.244 e. The number of sulfone groups is 1. The third kappa shape index (κ3) is 5.25. The summed E-state index contributed by atoms with van der Waals surface area (Å²) >= 11 is 6.46. The van der Waals surface area contributed by atoms with E-state index in [9.17, 15) is 21.6 Å². The molecule has 1 aromatic rings. The van der Waals surface area contributed by atoms with Gasteiger partial charge in [0.05, 0.1) is 22.9 Å². The van der Waals surface area contributed by atoms with Gasteiger partial charge in [-0.15, -0.1) is 0 Å². The highest BCUT2D eigenvalue weighted by atomic mass is 79.9. The molecule has 0 radical (unpaired) electrons. The molecule has 0 saturated carbocycles. The molecule has 1 fully saturated rings. The average Bonchev–Trinajstić information content (AvgIpc) is 2.85. The molecule has 140 valence electrons. The first-order chi connectivity index (χ1) is 11.5. The Morgan fingerprint density at radius 3 is 2.60 bits per heavy atom. The minimum Gasteiger partial charge on any atom is -0.351 e. The molecule has 1 N–H and O–H groups in total. The number of hydrogen-bond donors (Lipinski definition) is 1. The lowest BCUT2D eigenvalue weighted by Crippen LogP contribution is -2.44. The van der Waals surface area contributed by atoms with Gasteiger partial charge >= 0.3 is 0 Å². The van der Waals surface area contributed by atoms with Crippen LogP contribution in [0.3, 0.4) is 0 Å². The van der Waals surface area contributed by atoms with Crippen molar-refractivity contribution in [1.29, 1.82) is 0 Å². The molecule has 1 aliphatic heterocycles. The van der Waals surface area contributed by atoms with E-state index in [2.05, 4.69) is 37.2 Å². The average molecular weight is 518 g/mol. The SMILES string of the molecule is CCN(CC(=O)N[C@@H]1CCS(=O)(=O)C1)S(=O)(=O)c1cc(Br)ccc1Br. The van der Waals surface area contributed by atoms with Crippen molar-refractivity contribution in [3.8, 4) is 0 Å². The number of hydrogen-bond acceptors (Lipinski definition) is 5. The number of carbonyl (C=O) groups is 1. The monoisotopic (exact) mass is 516 g/mol. The number of amides is 1. The van der Waals surface area contributed by atoms with Crippen molar-refractivity contribution < 1.29 is 21.6 Å². The Balaban J connectivity index is 2.13. The topological polar surface area (TPSA) is 101 Å². The summed E-state index contributed by atoms with van der Waals surface area (Å²) in [5.74, 6) is -0.577. The zero-order valence-corrected chi connectivity index (χ0v) is 18.2. The number of nitrogens with zero attached hydrogens (tertiary/aromatic N) is 1. The van der Waals surface area contributed by atoms with Crippen LogP contribution in [0, 0.1) is 0 Å². The summed E-state index contributed by atoms with van der Waals surface area (Å²) in [7, 11) is -6.99. The van der Waals surface area contributed by atoms with Crippen LogP contribution in [0.25, 0.3) is 0 Å². The second-order valence-corrected chi connectivity index (χ2v) is 11.6. The van der Waals surface area contributed by atoms with Crippen molar-refractivity contribution in [3.05, 3.63) is 27.1 Å². The Kier molecular flexibility index (Phi) is 6.69. The zero-order valence-electron chi connectivity index (χ0n) is 13.4. The molecule has 0 bridgehead atoms. The van der Waals surface area contributed by atoms with Gasteiger partial charge in [0, 0.05) is 21.5 Å². The number of likely N-dealkylation sites (N-methyl/N-ethyl adjacent to an activating group) is 1. The largest absolute Gasteiger partial charge is 0.351 e. The highest BCUT2D eigenvalue weighted by molar-refractivity contribution is 9.11. The molecule has 0 aliphatic carbocycles. The maximum Gasteiger partial charge on any atom is 0.244 e. The summed E-state index contributed by atoms with van der Waals surface area (Å²) in [6.07, 6.45) is 0.351. The van der Waals surface area contributed by atoms with Gasteiger partial charge in [0.1, 0.15) is 0 Å². The van der Waals surface area contributed by atoms with Gasteiger partial charge in [0.15, 0.2) is 9.84 Å². The number of benzene rings is 1. The predicted octanol–water partition coefficient (Wildman–Crippen LogP) is 1.53. The normalized spacial score (nSPS) is 19.9. The first-order valence-corrected chi connectivity index (χ1v) is 12.3. The van der Waals surface area contributed by atoms with Gasteiger partial charge in [-0.2, -0.15) is 4.31 Å².